The van der Waals surface area contributed by atoms with Gasteiger partial charge in [0.1, 0.15) is 17.1 Å². The third-order valence-electron chi connectivity index (χ3n) is 4.00. The molecule has 0 fully saturated rings. The van der Waals surface area contributed by atoms with Crippen molar-refractivity contribution in [3.05, 3.63) is 64.3 Å². The topological polar surface area (TPSA) is 76.7 Å². The van der Waals surface area contributed by atoms with Gasteiger partial charge in [-0.3, -0.25) is 9.59 Å². The molecule has 5 nitrogen and oxygen atoms in total. The molecule has 1 atom stereocenters. The van der Waals surface area contributed by atoms with E-state index < -0.39 is 11.9 Å². The van der Waals surface area contributed by atoms with Gasteiger partial charge >= 0.3 is 5.97 Å². The molecule has 2 aromatic carbocycles. The summed E-state index contributed by atoms with van der Waals surface area (Å²) < 4.78 is 10.9. The van der Waals surface area contributed by atoms with Crippen molar-refractivity contribution in [2.75, 3.05) is 7.11 Å². The first-order valence-corrected chi connectivity index (χ1v) is 7.44. The van der Waals surface area contributed by atoms with E-state index in [0.717, 1.165) is 5.56 Å². The smallest absolute Gasteiger partial charge is 0.310 e. The molecule has 3 rings (SSSR count). The molecule has 0 aliphatic rings. The summed E-state index contributed by atoms with van der Waals surface area (Å²) in [6.07, 6.45) is 0. The molecule has 0 spiro atoms. The lowest BCUT2D eigenvalue weighted by Gasteiger charge is -2.08. The largest absolute Gasteiger partial charge is 0.497 e. The molecule has 5 heteroatoms. The van der Waals surface area contributed by atoms with Crippen LogP contribution < -0.4 is 10.2 Å². The zero-order chi connectivity index (χ0) is 17.3. The second kappa shape index (κ2) is 6.20. The normalized spacial score (nSPS) is 12.1. The molecule has 24 heavy (non-hydrogen) atoms. The van der Waals surface area contributed by atoms with E-state index in [4.69, 9.17) is 14.3 Å². The summed E-state index contributed by atoms with van der Waals surface area (Å²) in [5.74, 6) is -0.452. The Hall–Kier alpha value is -3.08. The lowest BCUT2D eigenvalue weighted by Crippen LogP contribution is -2.08. The minimum Gasteiger partial charge on any atom is -0.497 e. The van der Waals surface area contributed by atoms with Crippen LogP contribution >= 0.6 is 0 Å². The molecule has 1 heterocycles. The predicted octanol–water partition coefficient (Wildman–Crippen LogP) is 3.66. The summed E-state index contributed by atoms with van der Waals surface area (Å²) >= 11 is 0. The highest BCUT2D eigenvalue weighted by Gasteiger charge is 2.15. The van der Waals surface area contributed by atoms with Gasteiger partial charge in [-0.05, 0) is 48.9 Å². The Balaban J connectivity index is 2.09. The number of rotatable bonds is 4. The van der Waals surface area contributed by atoms with Crippen LogP contribution in [0, 0.1) is 0 Å². The van der Waals surface area contributed by atoms with Crippen LogP contribution in [-0.4, -0.2) is 18.2 Å². The average Bonchev–Trinajstić information content (AvgIpc) is 2.60. The van der Waals surface area contributed by atoms with E-state index in [2.05, 4.69) is 0 Å². The summed E-state index contributed by atoms with van der Waals surface area (Å²) in [7, 11) is 1.58. The molecule has 1 N–H and O–H groups in total. The van der Waals surface area contributed by atoms with E-state index in [1.807, 2.05) is 12.1 Å². The highest BCUT2D eigenvalue weighted by Crippen LogP contribution is 2.26. The van der Waals surface area contributed by atoms with E-state index >= 15 is 0 Å². The number of methoxy groups -OCH3 is 1. The molecule has 0 radical (unpaired) electrons. The van der Waals surface area contributed by atoms with Crippen LogP contribution in [0.2, 0.25) is 0 Å². The monoisotopic (exact) mass is 324 g/mol. The Bertz CT molecular complexity index is 954. The van der Waals surface area contributed by atoms with Crippen LogP contribution in [0.5, 0.6) is 5.75 Å². The Morgan fingerprint density at radius 2 is 1.83 bits per heavy atom. The molecule has 122 valence electrons. The Labute approximate surface area is 138 Å². The van der Waals surface area contributed by atoms with Gasteiger partial charge in [0.05, 0.1) is 18.4 Å². The molecule has 1 unspecified atom stereocenters. The van der Waals surface area contributed by atoms with Crippen LogP contribution in [0.4, 0.5) is 0 Å². The third kappa shape index (κ3) is 2.88. The zero-order valence-corrected chi connectivity index (χ0v) is 13.3. The van der Waals surface area contributed by atoms with Crippen LogP contribution in [0.15, 0.2) is 57.7 Å². The van der Waals surface area contributed by atoms with E-state index in [1.54, 1.807) is 44.4 Å². The van der Waals surface area contributed by atoms with Crippen LogP contribution in [-0.2, 0) is 4.79 Å². The SMILES string of the molecule is COc1ccc(-c2cc(=O)c3cc(C(C)C(=O)O)ccc3o2)cc1. The molecule has 0 bridgehead atoms. The summed E-state index contributed by atoms with van der Waals surface area (Å²) in [4.78, 5) is 23.5. The van der Waals surface area contributed by atoms with Gasteiger partial charge < -0.3 is 14.3 Å². The van der Waals surface area contributed by atoms with Crippen LogP contribution in [0.3, 0.4) is 0 Å². The fraction of sp³-hybridized carbons (Fsp3) is 0.158. The fourth-order valence-corrected chi connectivity index (χ4v) is 2.48. The number of carboxylic acids is 1. The lowest BCUT2D eigenvalue weighted by molar-refractivity contribution is -0.138. The van der Waals surface area contributed by atoms with Gasteiger partial charge in [0.15, 0.2) is 5.43 Å². The Kier molecular flexibility index (Phi) is 4.08. The number of aliphatic carboxylic acids is 1. The number of carboxylic acid groups (broad SMARTS) is 1. The Morgan fingerprint density at radius 1 is 1.12 bits per heavy atom. The molecule has 1 aromatic heterocycles. The number of hydrogen-bond donors (Lipinski definition) is 1. The van der Waals surface area contributed by atoms with Crippen molar-refractivity contribution in [3.8, 4) is 17.1 Å². The molecule has 0 amide bonds. The van der Waals surface area contributed by atoms with Gasteiger partial charge in [0, 0.05) is 11.6 Å². The summed E-state index contributed by atoms with van der Waals surface area (Å²) in [5.41, 5.74) is 1.55. The minimum atomic E-state index is -0.936. The second-order valence-electron chi connectivity index (χ2n) is 5.52. The number of carbonyl (C=O) groups is 1. The quantitative estimate of drug-likeness (QED) is 0.792. The maximum atomic E-state index is 12.4. The third-order valence-corrected chi connectivity index (χ3v) is 4.00. The van der Waals surface area contributed by atoms with E-state index in [-0.39, 0.29) is 5.43 Å². The van der Waals surface area contributed by atoms with Crippen molar-refractivity contribution in [1.29, 1.82) is 0 Å². The fourth-order valence-electron chi connectivity index (χ4n) is 2.48. The lowest BCUT2D eigenvalue weighted by atomic mass is 9.99. The van der Waals surface area contributed by atoms with Crippen molar-refractivity contribution in [2.24, 2.45) is 0 Å². The van der Waals surface area contributed by atoms with Crippen molar-refractivity contribution >= 4 is 16.9 Å². The van der Waals surface area contributed by atoms with Gasteiger partial charge in [-0.15, -0.1) is 0 Å². The second-order valence-corrected chi connectivity index (χ2v) is 5.52. The van der Waals surface area contributed by atoms with Gasteiger partial charge in [0.25, 0.3) is 0 Å². The molecule has 0 aliphatic heterocycles. The van der Waals surface area contributed by atoms with Gasteiger partial charge in [-0.1, -0.05) is 6.07 Å². The summed E-state index contributed by atoms with van der Waals surface area (Å²) in [5, 5.41) is 9.47. The number of ether oxygens (including phenoxy) is 1. The van der Waals surface area contributed by atoms with Crippen molar-refractivity contribution < 1.29 is 19.1 Å². The molecular formula is C19H16O5. The minimum absolute atomic E-state index is 0.207. The molecule has 0 aliphatic carbocycles. The number of fused-ring (bicyclic) bond motifs is 1. The zero-order valence-electron chi connectivity index (χ0n) is 13.3. The van der Waals surface area contributed by atoms with E-state index in [1.165, 1.54) is 6.07 Å². The predicted molar refractivity (Wildman–Crippen MR) is 90.5 cm³/mol. The highest BCUT2D eigenvalue weighted by atomic mass is 16.5. The summed E-state index contributed by atoms with van der Waals surface area (Å²) in [6, 6.07) is 13.5. The molecular weight excluding hydrogens is 308 g/mol. The van der Waals surface area contributed by atoms with Crippen LogP contribution in [0.1, 0.15) is 18.4 Å². The highest BCUT2D eigenvalue weighted by molar-refractivity contribution is 5.82. The van der Waals surface area contributed by atoms with Gasteiger partial charge in [-0.2, -0.15) is 0 Å². The Morgan fingerprint density at radius 3 is 2.46 bits per heavy atom. The molecule has 0 saturated heterocycles. The molecule has 3 aromatic rings. The van der Waals surface area contributed by atoms with Crippen LogP contribution in [0.25, 0.3) is 22.3 Å². The van der Waals surface area contributed by atoms with Gasteiger partial charge in [-0.25, -0.2) is 0 Å². The summed E-state index contributed by atoms with van der Waals surface area (Å²) in [6.45, 7) is 1.58. The first kappa shape index (κ1) is 15.8. The average molecular weight is 324 g/mol. The number of hydrogen-bond acceptors (Lipinski definition) is 4. The first-order valence-electron chi connectivity index (χ1n) is 7.44. The van der Waals surface area contributed by atoms with Crippen molar-refractivity contribution in [2.45, 2.75) is 12.8 Å². The first-order chi connectivity index (χ1) is 11.5. The standard InChI is InChI=1S/C19H16O5/c1-11(19(21)22)13-5-8-17-15(9-13)16(20)10-18(24-17)12-3-6-14(23-2)7-4-12/h3-11H,1-2H3,(H,21,22). The van der Waals surface area contributed by atoms with Gasteiger partial charge in [0.2, 0.25) is 0 Å². The number of benzene rings is 2. The van der Waals surface area contributed by atoms with E-state index in [0.29, 0.717) is 28.0 Å². The van der Waals surface area contributed by atoms with Crippen molar-refractivity contribution in [3.63, 3.8) is 0 Å². The van der Waals surface area contributed by atoms with Crippen molar-refractivity contribution in [1.82, 2.24) is 0 Å². The van der Waals surface area contributed by atoms with E-state index in [9.17, 15) is 9.59 Å². The maximum absolute atomic E-state index is 12.4. The maximum Gasteiger partial charge on any atom is 0.310 e. The molecule has 0 saturated carbocycles.